The van der Waals surface area contributed by atoms with Crippen LogP contribution in [0.1, 0.15) is 32.6 Å². The smallest absolute Gasteiger partial charge is 0.266 e. The van der Waals surface area contributed by atoms with Gasteiger partial charge in [-0.15, -0.1) is 10.2 Å². The van der Waals surface area contributed by atoms with Gasteiger partial charge in [0.2, 0.25) is 5.89 Å². The molecular formula is C11H15N3O. The van der Waals surface area contributed by atoms with Crippen LogP contribution in [0.3, 0.4) is 0 Å². The molecule has 80 valence electrons. The van der Waals surface area contributed by atoms with Gasteiger partial charge in [-0.3, -0.25) is 0 Å². The zero-order chi connectivity index (χ0) is 11.4. The van der Waals surface area contributed by atoms with Gasteiger partial charge in [0, 0.05) is 12.6 Å². The molecular weight excluding hydrogens is 190 g/mol. The minimum Gasteiger partial charge on any atom is -0.420 e. The van der Waals surface area contributed by atoms with E-state index in [-0.39, 0.29) is 0 Å². The number of aromatic nitrogens is 2. The Kier molecular flexibility index (Phi) is 3.55. The van der Waals surface area contributed by atoms with E-state index in [9.17, 15) is 0 Å². The van der Waals surface area contributed by atoms with Crippen LogP contribution in [0.15, 0.2) is 33.3 Å². The average Bonchev–Trinajstić information content (AvgIpc) is 2.60. The summed E-state index contributed by atoms with van der Waals surface area (Å²) in [5, 5.41) is 7.63. The first-order chi connectivity index (χ1) is 7.04. The average molecular weight is 205 g/mol. The van der Waals surface area contributed by atoms with Crippen molar-refractivity contribution >= 4 is 5.71 Å². The second kappa shape index (κ2) is 4.68. The molecule has 0 radical (unpaired) electrons. The number of hydrogen-bond donors (Lipinski definition) is 0. The molecule has 0 bridgehead atoms. The Bertz CT molecular complexity index is 423. The molecule has 0 aromatic carbocycles. The fourth-order valence-corrected chi connectivity index (χ4v) is 0.873. The van der Waals surface area contributed by atoms with Gasteiger partial charge in [0.15, 0.2) is 0 Å². The number of nitrogens with zero attached hydrogens (tertiary/aromatic N) is 3. The van der Waals surface area contributed by atoms with E-state index in [2.05, 4.69) is 21.8 Å². The Morgan fingerprint density at radius 3 is 2.40 bits per heavy atom. The molecule has 0 saturated carbocycles. The second-order valence-electron chi connectivity index (χ2n) is 3.41. The van der Waals surface area contributed by atoms with Gasteiger partial charge in [-0.2, -0.15) is 0 Å². The summed E-state index contributed by atoms with van der Waals surface area (Å²) >= 11 is 0. The maximum Gasteiger partial charge on any atom is 0.266 e. The predicted molar refractivity (Wildman–Crippen MR) is 59.8 cm³/mol. The van der Waals surface area contributed by atoms with E-state index >= 15 is 0 Å². The van der Waals surface area contributed by atoms with Gasteiger partial charge in [-0.1, -0.05) is 12.2 Å². The predicted octanol–water partition coefficient (Wildman–Crippen LogP) is 2.67. The van der Waals surface area contributed by atoms with Crippen molar-refractivity contribution in [2.45, 2.75) is 27.7 Å². The molecule has 0 atom stereocenters. The lowest BCUT2D eigenvalue weighted by atomic mass is 10.2. The summed E-state index contributed by atoms with van der Waals surface area (Å²) in [5.41, 5.74) is 2.68. The molecule has 1 aromatic heterocycles. The van der Waals surface area contributed by atoms with Crippen LogP contribution in [0.25, 0.3) is 0 Å². The van der Waals surface area contributed by atoms with Crippen LogP contribution in [0.5, 0.6) is 0 Å². The van der Waals surface area contributed by atoms with Crippen molar-refractivity contribution in [1.82, 2.24) is 10.2 Å². The molecule has 1 rings (SSSR count). The minimum absolute atomic E-state index is 0.406. The largest absolute Gasteiger partial charge is 0.420 e. The van der Waals surface area contributed by atoms with Crippen LogP contribution < -0.4 is 0 Å². The maximum absolute atomic E-state index is 5.27. The van der Waals surface area contributed by atoms with Crippen LogP contribution in [0, 0.1) is 6.92 Å². The fraction of sp³-hybridized carbons (Fsp3) is 0.364. The molecule has 0 aliphatic rings. The summed E-state index contributed by atoms with van der Waals surface area (Å²) in [5.74, 6) is 0.928. The Labute approximate surface area is 89.4 Å². The molecule has 4 heteroatoms. The van der Waals surface area contributed by atoms with E-state index in [0.29, 0.717) is 17.5 Å². The van der Waals surface area contributed by atoms with Crippen molar-refractivity contribution in [1.29, 1.82) is 0 Å². The van der Waals surface area contributed by atoms with Crippen LogP contribution >= 0.6 is 0 Å². The quantitative estimate of drug-likeness (QED) is 0.713. The van der Waals surface area contributed by atoms with E-state index in [1.165, 1.54) is 0 Å². The molecule has 0 saturated heterocycles. The molecule has 0 fully saturated rings. The van der Waals surface area contributed by atoms with Gasteiger partial charge in [0.1, 0.15) is 5.71 Å². The first-order valence-corrected chi connectivity index (χ1v) is 4.70. The van der Waals surface area contributed by atoms with Crippen molar-refractivity contribution in [3.05, 3.63) is 35.7 Å². The van der Waals surface area contributed by atoms with Gasteiger partial charge >= 0.3 is 0 Å². The highest BCUT2D eigenvalue weighted by Gasteiger charge is 2.07. The zero-order valence-electron chi connectivity index (χ0n) is 9.53. The summed E-state index contributed by atoms with van der Waals surface area (Å²) in [4.78, 5) is 4.36. The zero-order valence-corrected chi connectivity index (χ0v) is 9.53. The normalized spacial score (nSPS) is 11.3. The van der Waals surface area contributed by atoms with Gasteiger partial charge in [-0.25, -0.2) is 4.99 Å². The lowest BCUT2D eigenvalue weighted by Crippen LogP contribution is -1.97. The van der Waals surface area contributed by atoms with Gasteiger partial charge in [0.05, 0.1) is 0 Å². The number of hydrogen-bond acceptors (Lipinski definition) is 4. The van der Waals surface area contributed by atoms with Crippen molar-refractivity contribution in [2.75, 3.05) is 0 Å². The Balaban J connectivity index is 3.10. The standard InChI is InChI=1S/C11H15N3O/c1-6-10(12-8(4)7(2)3)11-14-13-9(5)15-11/h6H,1H2,2-5H3. The maximum atomic E-state index is 5.27. The summed E-state index contributed by atoms with van der Waals surface area (Å²) in [6, 6.07) is 0. The summed E-state index contributed by atoms with van der Waals surface area (Å²) in [7, 11) is 0. The molecule has 0 N–H and O–H groups in total. The lowest BCUT2D eigenvalue weighted by molar-refractivity contribution is 0.510. The van der Waals surface area contributed by atoms with Crippen molar-refractivity contribution in [2.24, 2.45) is 4.99 Å². The van der Waals surface area contributed by atoms with E-state index in [1.54, 1.807) is 13.0 Å². The number of aliphatic imine (C=N–C) groups is 1. The van der Waals surface area contributed by atoms with Crippen molar-refractivity contribution in [3.8, 4) is 0 Å². The molecule has 0 spiro atoms. The Morgan fingerprint density at radius 1 is 1.33 bits per heavy atom. The monoisotopic (exact) mass is 205 g/mol. The highest BCUT2D eigenvalue weighted by atomic mass is 16.4. The molecule has 0 aliphatic carbocycles. The number of rotatable bonds is 3. The molecule has 1 heterocycles. The molecule has 0 unspecified atom stereocenters. The van der Waals surface area contributed by atoms with Crippen molar-refractivity contribution in [3.63, 3.8) is 0 Å². The highest BCUT2D eigenvalue weighted by molar-refractivity contribution is 6.05. The molecule has 1 aromatic rings. The van der Waals surface area contributed by atoms with Gasteiger partial charge < -0.3 is 4.42 Å². The highest BCUT2D eigenvalue weighted by Crippen LogP contribution is 2.08. The minimum atomic E-state index is 0.406. The Hall–Kier alpha value is -1.71. The van der Waals surface area contributed by atoms with Crippen LogP contribution in [-0.4, -0.2) is 15.9 Å². The summed E-state index contributed by atoms with van der Waals surface area (Å²) in [6.07, 6.45) is 1.61. The number of aryl methyl sites for hydroxylation is 1. The van der Waals surface area contributed by atoms with Crippen LogP contribution in [-0.2, 0) is 0 Å². The van der Waals surface area contributed by atoms with E-state index in [4.69, 9.17) is 4.42 Å². The molecule has 0 aliphatic heterocycles. The van der Waals surface area contributed by atoms with Gasteiger partial charge in [0.25, 0.3) is 5.89 Å². The van der Waals surface area contributed by atoms with Crippen LogP contribution in [0.2, 0.25) is 0 Å². The van der Waals surface area contributed by atoms with E-state index < -0.39 is 0 Å². The summed E-state index contributed by atoms with van der Waals surface area (Å²) < 4.78 is 5.27. The van der Waals surface area contributed by atoms with Crippen molar-refractivity contribution < 1.29 is 4.42 Å². The molecule has 0 amide bonds. The third kappa shape index (κ3) is 2.87. The SMILES string of the molecule is C=CC(=NC(C)=C(C)C)c1nnc(C)o1. The third-order valence-electron chi connectivity index (χ3n) is 1.95. The topological polar surface area (TPSA) is 51.3 Å². The molecule has 4 nitrogen and oxygen atoms in total. The summed E-state index contributed by atoms with van der Waals surface area (Å²) in [6.45, 7) is 11.3. The first-order valence-electron chi connectivity index (χ1n) is 4.70. The lowest BCUT2D eigenvalue weighted by Gasteiger charge is -1.98. The third-order valence-corrected chi connectivity index (χ3v) is 1.95. The number of allylic oxidation sites excluding steroid dienone is 3. The Morgan fingerprint density at radius 2 is 2.00 bits per heavy atom. The van der Waals surface area contributed by atoms with Gasteiger partial charge in [-0.05, 0) is 26.8 Å². The van der Waals surface area contributed by atoms with E-state index in [0.717, 1.165) is 11.3 Å². The second-order valence-corrected chi connectivity index (χ2v) is 3.41. The van der Waals surface area contributed by atoms with Crippen LogP contribution in [0.4, 0.5) is 0 Å². The van der Waals surface area contributed by atoms with E-state index in [1.807, 2.05) is 20.8 Å². The fourth-order valence-electron chi connectivity index (χ4n) is 0.873. The first kappa shape index (κ1) is 11.4. The molecule has 15 heavy (non-hydrogen) atoms.